The first kappa shape index (κ1) is 16.4. The molecule has 1 amide bonds. The summed E-state index contributed by atoms with van der Waals surface area (Å²) in [6.45, 7) is 1.99. The Kier molecular flexibility index (Phi) is 4.52. The molecule has 9 heteroatoms. The molecule has 0 saturated heterocycles. The fraction of sp³-hybridized carbons (Fsp3) is 0.467. The van der Waals surface area contributed by atoms with Crippen LogP contribution in [0.1, 0.15) is 51.1 Å². The number of anilines is 1. The van der Waals surface area contributed by atoms with Gasteiger partial charge in [-0.05, 0) is 43.4 Å². The summed E-state index contributed by atoms with van der Waals surface area (Å²) in [7, 11) is 1.49. The number of H-pyrrole nitrogens is 1. The molecule has 1 aliphatic rings. The van der Waals surface area contributed by atoms with Crippen molar-refractivity contribution in [2.75, 3.05) is 11.9 Å². The molecule has 0 fully saturated rings. The summed E-state index contributed by atoms with van der Waals surface area (Å²) in [4.78, 5) is 37.5. The highest BCUT2D eigenvalue weighted by Gasteiger charge is 2.31. The van der Waals surface area contributed by atoms with Crippen LogP contribution in [-0.2, 0) is 24.6 Å². The van der Waals surface area contributed by atoms with Crippen LogP contribution >= 0.6 is 11.3 Å². The largest absolute Gasteiger partial charge is 0.462 e. The molecule has 0 unspecified atom stereocenters. The monoisotopic (exact) mass is 352 g/mol. The van der Waals surface area contributed by atoms with E-state index in [4.69, 9.17) is 4.74 Å². The predicted molar refractivity (Wildman–Crippen MR) is 85.4 cm³/mol. The number of aromatic nitrogens is 2. The van der Waals surface area contributed by atoms with Gasteiger partial charge in [-0.25, -0.2) is 9.59 Å². The van der Waals surface area contributed by atoms with Gasteiger partial charge in [-0.1, -0.05) is 4.68 Å². The zero-order chi connectivity index (χ0) is 17.3. The predicted octanol–water partition coefficient (Wildman–Crippen LogP) is 1.16. The molecule has 128 valence electrons. The van der Waals surface area contributed by atoms with Crippen LogP contribution < -0.4 is 15.6 Å². The van der Waals surface area contributed by atoms with Gasteiger partial charge in [-0.2, -0.15) is 0 Å². The third-order valence-corrected chi connectivity index (χ3v) is 5.10. The lowest BCUT2D eigenvalue weighted by Crippen LogP contribution is -2.41. The van der Waals surface area contributed by atoms with Gasteiger partial charge in [0.05, 0.1) is 12.2 Å². The fourth-order valence-corrected chi connectivity index (χ4v) is 4.09. The number of aryl methyl sites for hydroxylation is 2. The Bertz CT molecular complexity index is 848. The SMILES string of the molecule is CCOC(=O)c1c(NC(=O)c2c(=O)o[nH][n+]2C)sc2c1CCCC2. The number of nitrogens with one attached hydrogen (secondary N) is 2. The zero-order valence-electron chi connectivity index (χ0n) is 13.4. The first-order valence-electron chi connectivity index (χ1n) is 7.73. The minimum absolute atomic E-state index is 0.170. The average Bonchev–Trinajstić information content (AvgIpc) is 3.07. The topological polar surface area (TPSA) is 105 Å². The van der Waals surface area contributed by atoms with Crippen LogP contribution in [0.2, 0.25) is 0 Å². The van der Waals surface area contributed by atoms with Crippen LogP contribution in [0.25, 0.3) is 0 Å². The minimum atomic E-state index is -0.769. The van der Waals surface area contributed by atoms with Gasteiger partial charge in [0.25, 0.3) is 0 Å². The molecule has 2 aromatic heterocycles. The average molecular weight is 352 g/mol. The number of aromatic amines is 1. The number of nitrogens with zero attached hydrogens (tertiary/aromatic N) is 1. The normalized spacial score (nSPS) is 13.4. The van der Waals surface area contributed by atoms with Crippen LogP contribution in [0.15, 0.2) is 9.32 Å². The molecular weight excluding hydrogens is 334 g/mol. The Morgan fingerprint density at radius 3 is 2.79 bits per heavy atom. The second-order valence-corrected chi connectivity index (χ2v) is 6.58. The standard InChI is InChI=1S/C15H17N3O5S/c1-3-22-14(20)10-8-6-4-5-7-9(8)24-13(10)16-12(19)11-15(21)23-17-18(11)2/h3-7H2,1-2H3,(H-,16,17,19,20,21)/p+1. The number of hydrogen-bond acceptors (Lipinski definition) is 6. The summed E-state index contributed by atoms with van der Waals surface area (Å²) in [5.74, 6) is -1.07. The molecule has 0 atom stereocenters. The Morgan fingerprint density at radius 2 is 2.12 bits per heavy atom. The zero-order valence-corrected chi connectivity index (χ0v) is 14.2. The third kappa shape index (κ3) is 2.86. The van der Waals surface area contributed by atoms with Crippen molar-refractivity contribution in [3.05, 3.63) is 32.1 Å². The minimum Gasteiger partial charge on any atom is -0.462 e. The molecular formula is C15H18N3O5S+. The highest BCUT2D eigenvalue weighted by Crippen LogP contribution is 2.38. The second-order valence-electron chi connectivity index (χ2n) is 5.48. The Balaban J connectivity index is 1.98. The maximum absolute atomic E-state index is 12.4. The van der Waals surface area contributed by atoms with Gasteiger partial charge in [0.1, 0.15) is 5.00 Å². The Labute approximate surface area is 141 Å². The molecule has 1 aliphatic carbocycles. The molecule has 2 N–H and O–H groups in total. The van der Waals surface area contributed by atoms with Crippen molar-refractivity contribution in [2.24, 2.45) is 7.05 Å². The number of hydrogen-bond donors (Lipinski definition) is 2. The molecule has 0 radical (unpaired) electrons. The van der Waals surface area contributed by atoms with E-state index >= 15 is 0 Å². The quantitative estimate of drug-likeness (QED) is 0.635. The Morgan fingerprint density at radius 1 is 1.38 bits per heavy atom. The molecule has 0 saturated carbocycles. The molecule has 2 heterocycles. The van der Waals surface area contributed by atoms with Gasteiger partial charge >= 0.3 is 23.2 Å². The van der Waals surface area contributed by atoms with Gasteiger partial charge < -0.3 is 10.1 Å². The fourth-order valence-electron chi connectivity index (χ4n) is 2.82. The number of thiophene rings is 1. The summed E-state index contributed by atoms with van der Waals surface area (Å²) in [5.41, 5.74) is 0.420. The summed E-state index contributed by atoms with van der Waals surface area (Å²) in [6, 6.07) is 0. The number of carbonyl (C=O) groups excluding carboxylic acids is 2. The van der Waals surface area contributed by atoms with Crippen LogP contribution in [0.5, 0.6) is 0 Å². The number of ether oxygens (including phenoxy) is 1. The van der Waals surface area contributed by atoms with Gasteiger partial charge in [-0.3, -0.25) is 9.32 Å². The lowest BCUT2D eigenvalue weighted by molar-refractivity contribution is -0.741. The third-order valence-electron chi connectivity index (χ3n) is 3.90. The molecule has 2 aromatic rings. The molecule has 24 heavy (non-hydrogen) atoms. The lowest BCUT2D eigenvalue weighted by Gasteiger charge is -2.12. The number of esters is 1. The molecule has 3 rings (SSSR count). The molecule has 0 bridgehead atoms. The molecule has 8 nitrogen and oxygen atoms in total. The van der Waals surface area contributed by atoms with Gasteiger partial charge in [0.2, 0.25) is 0 Å². The van der Waals surface area contributed by atoms with Crippen LogP contribution in [0.3, 0.4) is 0 Å². The smallest absolute Gasteiger partial charge is 0.440 e. The van der Waals surface area contributed by atoms with Crippen molar-refractivity contribution in [2.45, 2.75) is 32.6 Å². The first-order chi connectivity index (χ1) is 11.5. The van der Waals surface area contributed by atoms with Crippen molar-refractivity contribution in [3.63, 3.8) is 0 Å². The highest BCUT2D eigenvalue weighted by atomic mass is 32.1. The van der Waals surface area contributed by atoms with Crippen molar-refractivity contribution in [3.8, 4) is 0 Å². The lowest BCUT2D eigenvalue weighted by atomic mass is 9.95. The number of amides is 1. The van der Waals surface area contributed by atoms with E-state index in [2.05, 4.69) is 15.1 Å². The summed E-state index contributed by atoms with van der Waals surface area (Å²) in [5, 5.41) is 5.38. The number of carbonyl (C=O) groups is 2. The van der Waals surface area contributed by atoms with Gasteiger partial charge in [0, 0.05) is 4.88 Å². The van der Waals surface area contributed by atoms with E-state index < -0.39 is 17.5 Å². The van der Waals surface area contributed by atoms with Crippen LogP contribution in [0, 0.1) is 0 Å². The van der Waals surface area contributed by atoms with E-state index in [0.29, 0.717) is 10.6 Å². The maximum Gasteiger partial charge on any atom is 0.440 e. The number of rotatable bonds is 4. The maximum atomic E-state index is 12.4. The van der Waals surface area contributed by atoms with Crippen molar-refractivity contribution in [1.29, 1.82) is 0 Å². The van der Waals surface area contributed by atoms with E-state index in [0.717, 1.165) is 36.1 Å². The van der Waals surface area contributed by atoms with Crippen LogP contribution in [0.4, 0.5) is 5.00 Å². The van der Waals surface area contributed by atoms with E-state index in [1.807, 2.05) is 0 Å². The highest BCUT2D eigenvalue weighted by molar-refractivity contribution is 7.17. The van der Waals surface area contributed by atoms with E-state index in [-0.39, 0.29) is 12.3 Å². The molecule has 0 aromatic carbocycles. The molecule has 0 spiro atoms. The van der Waals surface area contributed by atoms with Crippen LogP contribution in [-0.4, -0.2) is 23.8 Å². The summed E-state index contributed by atoms with van der Waals surface area (Å²) in [6.07, 6.45) is 3.72. The summed E-state index contributed by atoms with van der Waals surface area (Å²) >= 11 is 1.37. The van der Waals surface area contributed by atoms with E-state index in [1.165, 1.54) is 23.1 Å². The number of fused-ring (bicyclic) bond motifs is 1. The van der Waals surface area contributed by atoms with Crippen molar-refractivity contribution < 1.29 is 23.5 Å². The van der Waals surface area contributed by atoms with E-state index in [1.54, 1.807) is 6.92 Å². The van der Waals surface area contributed by atoms with Gasteiger partial charge in [0.15, 0.2) is 7.05 Å². The first-order valence-corrected chi connectivity index (χ1v) is 8.55. The molecule has 0 aliphatic heterocycles. The summed E-state index contributed by atoms with van der Waals surface area (Å²) < 4.78 is 10.9. The van der Waals surface area contributed by atoms with Crippen molar-refractivity contribution >= 4 is 28.2 Å². The second kappa shape index (κ2) is 6.60. The van der Waals surface area contributed by atoms with Crippen molar-refractivity contribution in [1.82, 2.24) is 5.27 Å². The van der Waals surface area contributed by atoms with Gasteiger partial charge in [-0.15, -0.1) is 11.3 Å². The van der Waals surface area contributed by atoms with E-state index in [9.17, 15) is 14.4 Å². The Hall–Kier alpha value is -2.42.